The number of esters is 2. The Labute approximate surface area is 244 Å². The number of hydrogen-bond donors (Lipinski definition) is 3. The van der Waals surface area contributed by atoms with E-state index in [-0.39, 0.29) is 41.0 Å². The zero-order valence-electron chi connectivity index (χ0n) is 24.5. The molecule has 224 valence electrons. The topological polar surface area (TPSA) is 171 Å². The van der Waals surface area contributed by atoms with E-state index in [1.54, 1.807) is 52.0 Å². The number of rotatable bonds is 13. The lowest BCUT2D eigenvalue weighted by Gasteiger charge is -2.23. The van der Waals surface area contributed by atoms with Crippen LogP contribution in [0.1, 0.15) is 69.6 Å². The molecule has 4 N–H and O–H groups in total. The number of nitrogens with one attached hydrogen (secondary N) is 2. The van der Waals surface area contributed by atoms with Gasteiger partial charge in [0.05, 0.1) is 18.2 Å². The summed E-state index contributed by atoms with van der Waals surface area (Å²) < 4.78 is 10.5. The van der Waals surface area contributed by atoms with Gasteiger partial charge in [-0.3, -0.25) is 9.59 Å². The molecule has 1 aromatic heterocycles. The van der Waals surface area contributed by atoms with E-state index < -0.39 is 41.4 Å². The highest BCUT2D eigenvalue weighted by Gasteiger charge is 2.29. The van der Waals surface area contributed by atoms with Crippen LogP contribution in [0.15, 0.2) is 34.8 Å². The fraction of sp³-hybridized carbons (Fsp3) is 0.500. The molecule has 0 saturated carbocycles. The van der Waals surface area contributed by atoms with Gasteiger partial charge in [0, 0.05) is 11.8 Å². The monoisotopic (exact) mass is 589 g/mol. The molecule has 0 aliphatic rings. The van der Waals surface area contributed by atoms with Crippen molar-refractivity contribution in [3.05, 3.63) is 46.5 Å². The number of anilines is 1. The highest BCUT2D eigenvalue weighted by atomic mass is 32.1. The molecule has 1 aromatic carbocycles. The standard InChI is InChI=1S/C28H39N5O7S/c1-8-39-26(37)22(33-38-7)21-15-41-27(31-21)32-24(35)20(30-23(34)19(29)13-16(2)3)14-17-11-9-10-12-18(17)25(36)40-28(4,5)6/h9-12,15-16,19-20H,8,13-14,29H2,1-7H3,(H,30,34)(H,31,32,35)/b33-22-/t19-,20-/m0/s1. The van der Waals surface area contributed by atoms with Crippen LogP contribution < -0.4 is 16.4 Å². The van der Waals surface area contributed by atoms with Gasteiger partial charge in [0.2, 0.25) is 17.5 Å². The third-order valence-electron chi connectivity index (χ3n) is 5.38. The van der Waals surface area contributed by atoms with Crippen LogP contribution in [-0.2, 0) is 35.1 Å². The Kier molecular flexibility index (Phi) is 12.4. The number of carbonyl (C=O) groups is 4. The van der Waals surface area contributed by atoms with Crippen molar-refractivity contribution in [3.63, 3.8) is 0 Å². The number of thiazole rings is 1. The average Bonchev–Trinajstić information content (AvgIpc) is 3.33. The van der Waals surface area contributed by atoms with Gasteiger partial charge in [-0.25, -0.2) is 14.6 Å². The van der Waals surface area contributed by atoms with Crippen LogP contribution in [0.25, 0.3) is 0 Å². The van der Waals surface area contributed by atoms with Crippen LogP contribution >= 0.6 is 11.3 Å². The second kappa shape index (κ2) is 15.2. The number of nitrogens with zero attached hydrogens (tertiary/aromatic N) is 2. The van der Waals surface area contributed by atoms with Gasteiger partial charge in [-0.2, -0.15) is 0 Å². The SMILES string of the molecule is CCOC(=O)/C(=N\OC)c1csc(NC(=O)[C@H](Cc2ccccc2C(=O)OC(C)(C)C)NC(=O)[C@@H](N)CC(C)C)n1. The van der Waals surface area contributed by atoms with E-state index in [9.17, 15) is 19.2 Å². The molecule has 2 rings (SSSR count). The van der Waals surface area contributed by atoms with Gasteiger partial charge >= 0.3 is 11.9 Å². The molecule has 2 atom stereocenters. The van der Waals surface area contributed by atoms with E-state index in [1.807, 2.05) is 13.8 Å². The molecule has 2 aromatic rings. The predicted octanol–water partition coefficient (Wildman–Crippen LogP) is 3.05. The lowest BCUT2D eigenvalue weighted by Crippen LogP contribution is -2.51. The Morgan fingerprint density at radius 1 is 1.12 bits per heavy atom. The number of carbonyl (C=O) groups excluding carboxylic acids is 4. The van der Waals surface area contributed by atoms with Gasteiger partial charge in [-0.05, 0) is 51.7 Å². The van der Waals surface area contributed by atoms with Crippen molar-refractivity contribution in [1.29, 1.82) is 0 Å². The van der Waals surface area contributed by atoms with Crippen LogP contribution in [0.4, 0.5) is 5.13 Å². The summed E-state index contributed by atoms with van der Waals surface area (Å²) >= 11 is 1.04. The summed E-state index contributed by atoms with van der Waals surface area (Å²) in [4.78, 5) is 60.6. The van der Waals surface area contributed by atoms with Gasteiger partial charge < -0.3 is 30.7 Å². The number of oxime groups is 1. The molecule has 12 nitrogen and oxygen atoms in total. The van der Waals surface area contributed by atoms with E-state index >= 15 is 0 Å². The Morgan fingerprint density at radius 3 is 2.41 bits per heavy atom. The Balaban J connectivity index is 2.36. The quantitative estimate of drug-likeness (QED) is 0.180. The van der Waals surface area contributed by atoms with Crippen molar-refractivity contribution in [1.82, 2.24) is 10.3 Å². The van der Waals surface area contributed by atoms with Crippen molar-refractivity contribution in [2.75, 3.05) is 19.0 Å². The highest BCUT2D eigenvalue weighted by molar-refractivity contribution is 7.14. The minimum atomic E-state index is -1.12. The van der Waals surface area contributed by atoms with Crippen LogP contribution in [0.2, 0.25) is 0 Å². The summed E-state index contributed by atoms with van der Waals surface area (Å²) in [5, 5.41) is 10.7. The third kappa shape index (κ3) is 10.6. The third-order valence-corrected chi connectivity index (χ3v) is 6.14. The Morgan fingerprint density at radius 2 is 1.80 bits per heavy atom. The summed E-state index contributed by atoms with van der Waals surface area (Å²) in [6, 6.07) is 4.75. The molecule has 2 amide bonds. The second-order valence-electron chi connectivity index (χ2n) is 10.5. The van der Waals surface area contributed by atoms with Crippen LogP contribution in [0.5, 0.6) is 0 Å². The summed E-state index contributed by atoms with van der Waals surface area (Å²) in [5.74, 6) is -2.24. The van der Waals surface area contributed by atoms with Crippen molar-refractivity contribution in [2.24, 2.45) is 16.8 Å². The highest BCUT2D eigenvalue weighted by Crippen LogP contribution is 2.20. The number of nitrogens with two attached hydrogens (primary N) is 1. The van der Waals surface area contributed by atoms with E-state index in [1.165, 1.54) is 12.5 Å². The van der Waals surface area contributed by atoms with Gasteiger partial charge in [0.15, 0.2) is 5.13 Å². The summed E-state index contributed by atoms with van der Waals surface area (Å²) in [5.41, 5.74) is 6.10. The normalized spacial score (nSPS) is 13.2. The van der Waals surface area contributed by atoms with Crippen molar-refractivity contribution in [2.45, 2.75) is 72.1 Å². The maximum absolute atomic E-state index is 13.5. The lowest BCUT2D eigenvalue weighted by atomic mass is 9.98. The van der Waals surface area contributed by atoms with Crippen molar-refractivity contribution < 1.29 is 33.5 Å². The molecule has 13 heteroatoms. The maximum atomic E-state index is 13.5. The molecule has 0 saturated heterocycles. The number of ether oxygens (including phenoxy) is 2. The molecule has 0 aliphatic heterocycles. The zero-order chi connectivity index (χ0) is 30.7. The molecule has 41 heavy (non-hydrogen) atoms. The molecular weight excluding hydrogens is 550 g/mol. The van der Waals surface area contributed by atoms with Crippen molar-refractivity contribution in [3.8, 4) is 0 Å². The second-order valence-corrected chi connectivity index (χ2v) is 11.4. The number of benzene rings is 1. The first-order valence-corrected chi connectivity index (χ1v) is 14.1. The first-order chi connectivity index (χ1) is 19.2. The molecular formula is C28H39N5O7S. The predicted molar refractivity (Wildman–Crippen MR) is 156 cm³/mol. The van der Waals surface area contributed by atoms with Crippen LogP contribution in [0.3, 0.4) is 0 Å². The van der Waals surface area contributed by atoms with Crippen LogP contribution in [0, 0.1) is 5.92 Å². The first-order valence-electron chi connectivity index (χ1n) is 13.2. The molecule has 0 radical (unpaired) electrons. The Hall–Kier alpha value is -3.84. The van der Waals surface area contributed by atoms with E-state index in [0.717, 1.165) is 11.3 Å². The van der Waals surface area contributed by atoms with E-state index in [2.05, 4.69) is 20.8 Å². The van der Waals surface area contributed by atoms with Gasteiger partial charge in [-0.15, -0.1) is 11.3 Å². The van der Waals surface area contributed by atoms with Gasteiger partial charge in [-0.1, -0.05) is 37.2 Å². The summed E-state index contributed by atoms with van der Waals surface area (Å²) in [7, 11) is 1.28. The van der Waals surface area contributed by atoms with Crippen molar-refractivity contribution >= 4 is 45.9 Å². The Bertz CT molecular complexity index is 1250. The molecule has 0 fully saturated rings. The minimum Gasteiger partial charge on any atom is -0.461 e. The fourth-order valence-corrected chi connectivity index (χ4v) is 4.36. The maximum Gasteiger partial charge on any atom is 0.362 e. The van der Waals surface area contributed by atoms with Gasteiger partial charge in [0.25, 0.3) is 0 Å². The first kappa shape index (κ1) is 33.4. The minimum absolute atomic E-state index is 0.0289. The molecule has 0 bridgehead atoms. The van der Waals surface area contributed by atoms with E-state index in [4.69, 9.17) is 20.0 Å². The number of amides is 2. The summed E-state index contributed by atoms with van der Waals surface area (Å²) in [6.07, 6.45) is 0.388. The molecule has 0 aliphatic carbocycles. The summed E-state index contributed by atoms with van der Waals surface area (Å²) in [6.45, 7) is 10.9. The lowest BCUT2D eigenvalue weighted by molar-refractivity contribution is -0.135. The molecule has 0 spiro atoms. The number of hydrogen-bond acceptors (Lipinski definition) is 11. The molecule has 0 unspecified atom stereocenters. The smallest absolute Gasteiger partial charge is 0.362 e. The largest absolute Gasteiger partial charge is 0.461 e. The average molecular weight is 590 g/mol. The fourth-order valence-electron chi connectivity index (χ4n) is 3.67. The van der Waals surface area contributed by atoms with Gasteiger partial charge in [0.1, 0.15) is 24.4 Å². The number of aromatic nitrogens is 1. The molecule has 1 heterocycles. The van der Waals surface area contributed by atoms with E-state index in [0.29, 0.717) is 12.0 Å². The zero-order valence-corrected chi connectivity index (χ0v) is 25.3. The van der Waals surface area contributed by atoms with Crippen LogP contribution in [-0.4, -0.2) is 65.9 Å².